The molecule has 0 radical (unpaired) electrons. The number of β-amino-alcohol motifs (C(OH)–C–C–N with tert-alkyl or cyclic N) is 2. The van der Waals surface area contributed by atoms with E-state index in [1.807, 2.05) is 6.92 Å². The zero-order valence-corrected chi connectivity index (χ0v) is 9.02. The second kappa shape index (κ2) is 6.35. The predicted molar refractivity (Wildman–Crippen MR) is 56.3 cm³/mol. The van der Waals surface area contributed by atoms with Crippen LogP contribution in [0.25, 0.3) is 0 Å². The standard InChI is InChI=1S/C10H22N2O2/c1-10(14)9-12-4-2-3-11(5-6-12)7-8-13/h10,13-14H,2-9H2,1H3/t10-/m0/s1. The molecule has 84 valence electrons. The number of aliphatic hydroxyl groups is 2. The first-order chi connectivity index (χ1) is 6.72. The third-order valence-corrected chi connectivity index (χ3v) is 2.62. The summed E-state index contributed by atoms with van der Waals surface area (Å²) in [5.74, 6) is 0. The van der Waals surface area contributed by atoms with E-state index in [-0.39, 0.29) is 12.7 Å². The summed E-state index contributed by atoms with van der Waals surface area (Å²) >= 11 is 0. The molecule has 0 saturated carbocycles. The van der Waals surface area contributed by atoms with Gasteiger partial charge in [-0.1, -0.05) is 0 Å². The summed E-state index contributed by atoms with van der Waals surface area (Å²) in [7, 11) is 0. The van der Waals surface area contributed by atoms with Crippen molar-refractivity contribution in [1.29, 1.82) is 0 Å². The lowest BCUT2D eigenvalue weighted by Gasteiger charge is -2.22. The van der Waals surface area contributed by atoms with Gasteiger partial charge >= 0.3 is 0 Å². The van der Waals surface area contributed by atoms with Crippen LogP contribution < -0.4 is 0 Å². The molecule has 1 atom stereocenters. The molecule has 0 aliphatic carbocycles. The largest absolute Gasteiger partial charge is 0.395 e. The molecule has 0 bridgehead atoms. The van der Waals surface area contributed by atoms with Crippen molar-refractivity contribution in [2.45, 2.75) is 19.4 Å². The molecular weight excluding hydrogens is 180 g/mol. The normalized spacial score (nSPS) is 23.4. The van der Waals surface area contributed by atoms with Gasteiger partial charge in [-0.15, -0.1) is 0 Å². The molecule has 0 aromatic rings. The minimum Gasteiger partial charge on any atom is -0.395 e. The van der Waals surface area contributed by atoms with Gasteiger partial charge < -0.3 is 10.2 Å². The van der Waals surface area contributed by atoms with Crippen LogP contribution in [0, 0.1) is 0 Å². The van der Waals surface area contributed by atoms with Crippen LogP contribution in [0.1, 0.15) is 13.3 Å². The number of hydrogen-bond acceptors (Lipinski definition) is 4. The lowest BCUT2D eigenvalue weighted by molar-refractivity contribution is 0.127. The Kier molecular flexibility index (Phi) is 5.40. The summed E-state index contributed by atoms with van der Waals surface area (Å²) in [6.07, 6.45) is 0.895. The number of rotatable bonds is 4. The van der Waals surface area contributed by atoms with Gasteiger partial charge in [-0.25, -0.2) is 0 Å². The highest BCUT2D eigenvalue weighted by atomic mass is 16.3. The summed E-state index contributed by atoms with van der Waals surface area (Å²) in [5.41, 5.74) is 0. The maximum absolute atomic E-state index is 9.27. The fourth-order valence-corrected chi connectivity index (χ4v) is 1.95. The minimum atomic E-state index is -0.237. The van der Waals surface area contributed by atoms with Gasteiger partial charge in [0, 0.05) is 26.2 Å². The smallest absolute Gasteiger partial charge is 0.0639 e. The molecule has 1 rings (SSSR count). The summed E-state index contributed by atoms with van der Waals surface area (Å²) < 4.78 is 0. The Morgan fingerprint density at radius 2 is 1.79 bits per heavy atom. The first kappa shape index (κ1) is 11.9. The summed E-state index contributed by atoms with van der Waals surface area (Å²) in [6.45, 7) is 7.77. The van der Waals surface area contributed by atoms with Gasteiger partial charge in [0.25, 0.3) is 0 Å². The average molecular weight is 202 g/mol. The average Bonchev–Trinajstić information content (AvgIpc) is 2.31. The number of nitrogens with zero attached hydrogens (tertiary/aromatic N) is 2. The maximum atomic E-state index is 9.27. The van der Waals surface area contributed by atoms with Gasteiger partial charge in [0.2, 0.25) is 0 Å². The van der Waals surface area contributed by atoms with Crippen molar-refractivity contribution in [3.63, 3.8) is 0 Å². The molecule has 0 amide bonds. The van der Waals surface area contributed by atoms with Gasteiger partial charge in [0.15, 0.2) is 0 Å². The first-order valence-electron chi connectivity index (χ1n) is 5.46. The third kappa shape index (κ3) is 4.37. The molecule has 1 fully saturated rings. The quantitative estimate of drug-likeness (QED) is 0.637. The Balaban J connectivity index is 2.25. The molecule has 4 heteroatoms. The maximum Gasteiger partial charge on any atom is 0.0639 e. The molecule has 14 heavy (non-hydrogen) atoms. The first-order valence-corrected chi connectivity index (χ1v) is 5.46. The van der Waals surface area contributed by atoms with Crippen molar-refractivity contribution in [3.05, 3.63) is 0 Å². The van der Waals surface area contributed by atoms with E-state index >= 15 is 0 Å². The molecule has 1 aliphatic heterocycles. The highest BCUT2D eigenvalue weighted by Gasteiger charge is 2.14. The molecular formula is C10H22N2O2. The molecule has 4 nitrogen and oxygen atoms in total. The zero-order valence-electron chi connectivity index (χ0n) is 9.02. The molecule has 1 aliphatic rings. The summed E-state index contributed by atoms with van der Waals surface area (Å²) in [4.78, 5) is 4.57. The molecule has 1 heterocycles. The molecule has 2 N–H and O–H groups in total. The monoisotopic (exact) mass is 202 g/mol. The van der Waals surface area contributed by atoms with Crippen LogP contribution in [0.15, 0.2) is 0 Å². The summed E-state index contributed by atoms with van der Waals surface area (Å²) in [5, 5.41) is 18.1. The predicted octanol–water partition coefficient (Wildman–Crippen LogP) is -0.633. The molecule has 0 spiro atoms. The van der Waals surface area contributed by atoms with Crippen LogP contribution in [0.4, 0.5) is 0 Å². The van der Waals surface area contributed by atoms with E-state index in [9.17, 15) is 5.11 Å². The Morgan fingerprint density at radius 1 is 1.14 bits per heavy atom. The van der Waals surface area contributed by atoms with E-state index in [1.54, 1.807) is 0 Å². The fourth-order valence-electron chi connectivity index (χ4n) is 1.95. The van der Waals surface area contributed by atoms with Crippen LogP contribution in [-0.4, -0.2) is 72.0 Å². The zero-order chi connectivity index (χ0) is 10.4. The lowest BCUT2D eigenvalue weighted by Crippen LogP contribution is -2.35. The van der Waals surface area contributed by atoms with Gasteiger partial charge in [-0.2, -0.15) is 0 Å². The highest BCUT2D eigenvalue weighted by molar-refractivity contribution is 4.70. The van der Waals surface area contributed by atoms with Crippen molar-refractivity contribution in [2.75, 3.05) is 45.9 Å². The van der Waals surface area contributed by atoms with Gasteiger partial charge in [0.1, 0.15) is 0 Å². The van der Waals surface area contributed by atoms with Crippen LogP contribution in [0.3, 0.4) is 0 Å². The number of hydrogen-bond donors (Lipinski definition) is 2. The molecule has 0 aromatic carbocycles. The topological polar surface area (TPSA) is 46.9 Å². The Hall–Kier alpha value is -0.160. The molecule has 1 saturated heterocycles. The lowest BCUT2D eigenvalue weighted by atomic mass is 10.3. The third-order valence-electron chi connectivity index (χ3n) is 2.62. The van der Waals surface area contributed by atoms with Gasteiger partial charge in [0.05, 0.1) is 12.7 Å². The van der Waals surface area contributed by atoms with Crippen LogP contribution in [0.5, 0.6) is 0 Å². The van der Waals surface area contributed by atoms with Crippen molar-refractivity contribution < 1.29 is 10.2 Å². The summed E-state index contributed by atoms with van der Waals surface area (Å²) in [6, 6.07) is 0. The Bertz CT molecular complexity index is 153. The van der Waals surface area contributed by atoms with E-state index in [2.05, 4.69) is 9.80 Å². The van der Waals surface area contributed by atoms with E-state index < -0.39 is 0 Å². The van der Waals surface area contributed by atoms with Gasteiger partial charge in [-0.05, 0) is 26.4 Å². The van der Waals surface area contributed by atoms with E-state index in [0.717, 1.165) is 45.7 Å². The second-order valence-corrected chi connectivity index (χ2v) is 4.07. The van der Waals surface area contributed by atoms with Crippen LogP contribution in [0.2, 0.25) is 0 Å². The SMILES string of the molecule is C[C@H](O)CN1CCCN(CCO)CC1. The van der Waals surface area contributed by atoms with E-state index in [4.69, 9.17) is 5.11 Å². The molecule has 0 aromatic heterocycles. The van der Waals surface area contributed by atoms with Crippen molar-refractivity contribution in [3.8, 4) is 0 Å². The van der Waals surface area contributed by atoms with Crippen LogP contribution >= 0.6 is 0 Å². The highest BCUT2D eigenvalue weighted by Crippen LogP contribution is 2.03. The Labute approximate surface area is 86.1 Å². The number of aliphatic hydroxyl groups excluding tert-OH is 2. The van der Waals surface area contributed by atoms with E-state index in [0.29, 0.717) is 0 Å². The van der Waals surface area contributed by atoms with Crippen molar-refractivity contribution in [1.82, 2.24) is 9.80 Å². The van der Waals surface area contributed by atoms with E-state index in [1.165, 1.54) is 0 Å². The molecule has 0 unspecified atom stereocenters. The Morgan fingerprint density at radius 3 is 2.43 bits per heavy atom. The van der Waals surface area contributed by atoms with Crippen molar-refractivity contribution >= 4 is 0 Å². The second-order valence-electron chi connectivity index (χ2n) is 4.07. The van der Waals surface area contributed by atoms with Crippen molar-refractivity contribution in [2.24, 2.45) is 0 Å². The van der Waals surface area contributed by atoms with Crippen LogP contribution in [-0.2, 0) is 0 Å². The van der Waals surface area contributed by atoms with Gasteiger partial charge in [-0.3, -0.25) is 9.80 Å². The fraction of sp³-hybridized carbons (Fsp3) is 1.00. The minimum absolute atomic E-state index is 0.237.